The summed E-state index contributed by atoms with van der Waals surface area (Å²) in [6.07, 6.45) is 0.762. The minimum atomic E-state index is -0.149. The monoisotopic (exact) mass is 354 g/mol. The maximum absolute atomic E-state index is 9.98. The zero-order valence-electron chi connectivity index (χ0n) is 16.1. The van der Waals surface area contributed by atoms with Crippen LogP contribution >= 0.6 is 0 Å². The van der Waals surface area contributed by atoms with Gasteiger partial charge in [-0.05, 0) is 32.8 Å². The first kappa shape index (κ1) is 17.7. The van der Waals surface area contributed by atoms with Gasteiger partial charge in [0.25, 0.3) is 0 Å². The van der Waals surface area contributed by atoms with Crippen molar-refractivity contribution in [3.05, 3.63) is 52.8 Å². The van der Waals surface area contributed by atoms with Crippen LogP contribution in [0.2, 0.25) is 0 Å². The summed E-state index contributed by atoms with van der Waals surface area (Å²) < 4.78 is 2.14. The van der Waals surface area contributed by atoms with E-state index in [1.165, 1.54) is 16.8 Å². The lowest BCUT2D eigenvalue weighted by molar-refractivity contribution is 0.0526. The van der Waals surface area contributed by atoms with Crippen molar-refractivity contribution in [1.29, 1.82) is 0 Å². The molecule has 2 saturated heterocycles. The molecule has 2 fully saturated rings. The van der Waals surface area contributed by atoms with E-state index in [0.29, 0.717) is 12.1 Å². The standard InChI is InChI=1S/C21H30N4O/c1-15-10-24-13-20(26)9-19(24)12-23(15)14-21-16(2)22-25(17(21)3)11-18-7-5-4-6-8-18/h4-8,15,19-20,26H,9-14H2,1-3H3/t15-,19-,20+/m0/s1. The van der Waals surface area contributed by atoms with Crippen LogP contribution in [-0.4, -0.2) is 62.5 Å². The Morgan fingerprint density at radius 2 is 1.85 bits per heavy atom. The fourth-order valence-corrected chi connectivity index (χ4v) is 4.57. The van der Waals surface area contributed by atoms with Crippen molar-refractivity contribution in [3.8, 4) is 0 Å². The summed E-state index contributed by atoms with van der Waals surface area (Å²) >= 11 is 0. The van der Waals surface area contributed by atoms with Crippen molar-refractivity contribution in [2.45, 2.75) is 58.5 Å². The van der Waals surface area contributed by atoms with Gasteiger partial charge in [0.05, 0.1) is 18.3 Å². The Morgan fingerprint density at radius 3 is 2.62 bits per heavy atom. The van der Waals surface area contributed by atoms with Gasteiger partial charge in [0.2, 0.25) is 0 Å². The van der Waals surface area contributed by atoms with Gasteiger partial charge in [0.15, 0.2) is 0 Å². The molecule has 1 aromatic heterocycles. The summed E-state index contributed by atoms with van der Waals surface area (Å²) in [6, 6.07) is 11.5. The highest BCUT2D eigenvalue weighted by Gasteiger charge is 2.38. The van der Waals surface area contributed by atoms with E-state index < -0.39 is 0 Å². The summed E-state index contributed by atoms with van der Waals surface area (Å²) in [7, 11) is 0. The molecule has 0 saturated carbocycles. The average molecular weight is 354 g/mol. The zero-order chi connectivity index (χ0) is 18.3. The van der Waals surface area contributed by atoms with E-state index in [1.807, 2.05) is 0 Å². The first-order valence-electron chi connectivity index (χ1n) is 9.74. The first-order chi connectivity index (χ1) is 12.5. The van der Waals surface area contributed by atoms with Crippen LogP contribution in [0.5, 0.6) is 0 Å². The van der Waals surface area contributed by atoms with Gasteiger partial charge in [-0.1, -0.05) is 30.3 Å². The predicted octanol–water partition coefficient (Wildman–Crippen LogP) is 2.19. The molecule has 4 rings (SSSR count). The van der Waals surface area contributed by atoms with E-state index in [0.717, 1.165) is 44.8 Å². The van der Waals surface area contributed by atoms with Gasteiger partial charge >= 0.3 is 0 Å². The highest BCUT2D eigenvalue weighted by atomic mass is 16.3. The van der Waals surface area contributed by atoms with Gasteiger partial charge in [0.1, 0.15) is 0 Å². The van der Waals surface area contributed by atoms with Gasteiger partial charge in [-0.3, -0.25) is 14.5 Å². The number of hydrogen-bond acceptors (Lipinski definition) is 4. The molecule has 26 heavy (non-hydrogen) atoms. The number of piperazine rings is 1. The molecule has 0 radical (unpaired) electrons. The van der Waals surface area contributed by atoms with E-state index in [4.69, 9.17) is 5.10 Å². The zero-order valence-corrected chi connectivity index (χ0v) is 16.1. The molecule has 3 heterocycles. The third-order valence-electron chi connectivity index (χ3n) is 6.14. The van der Waals surface area contributed by atoms with Crippen molar-refractivity contribution >= 4 is 0 Å². The number of nitrogens with zero attached hydrogens (tertiary/aromatic N) is 4. The Balaban J connectivity index is 1.49. The largest absolute Gasteiger partial charge is 0.392 e. The Morgan fingerprint density at radius 1 is 1.08 bits per heavy atom. The molecule has 0 bridgehead atoms. The fourth-order valence-electron chi connectivity index (χ4n) is 4.57. The molecule has 1 N–H and O–H groups in total. The Labute approximate surface area is 156 Å². The number of benzene rings is 1. The Kier molecular flexibility index (Phi) is 4.86. The number of hydrogen-bond donors (Lipinski definition) is 1. The van der Waals surface area contributed by atoms with Crippen molar-refractivity contribution in [2.24, 2.45) is 0 Å². The highest BCUT2D eigenvalue weighted by Crippen LogP contribution is 2.27. The minimum Gasteiger partial charge on any atom is -0.392 e. The molecule has 2 aliphatic rings. The van der Waals surface area contributed by atoms with Crippen molar-refractivity contribution in [2.75, 3.05) is 19.6 Å². The van der Waals surface area contributed by atoms with Crippen LogP contribution < -0.4 is 0 Å². The maximum atomic E-state index is 9.98. The SMILES string of the molecule is Cc1nn(Cc2ccccc2)c(C)c1CN1C[C@@H]2C[C@@H](O)CN2C[C@@H]1C. The van der Waals surface area contributed by atoms with E-state index in [2.05, 4.69) is 65.6 Å². The van der Waals surface area contributed by atoms with Gasteiger partial charge < -0.3 is 5.11 Å². The summed E-state index contributed by atoms with van der Waals surface area (Å²) in [6.45, 7) is 11.3. The molecule has 2 aliphatic heterocycles. The number of fused-ring (bicyclic) bond motifs is 1. The molecule has 0 unspecified atom stereocenters. The molecule has 2 aromatic rings. The van der Waals surface area contributed by atoms with Crippen LogP contribution in [0.4, 0.5) is 0 Å². The minimum absolute atomic E-state index is 0.149. The van der Waals surface area contributed by atoms with Gasteiger partial charge in [-0.2, -0.15) is 5.10 Å². The normalized spacial score (nSPS) is 27.0. The molecular weight excluding hydrogens is 324 g/mol. The van der Waals surface area contributed by atoms with Gasteiger partial charge in [-0.25, -0.2) is 0 Å². The molecule has 3 atom stereocenters. The number of aryl methyl sites for hydroxylation is 1. The van der Waals surface area contributed by atoms with Crippen molar-refractivity contribution < 1.29 is 5.11 Å². The lowest BCUT2D eigenvalue weighted by Gasteiger charge is -2.42. The quantitative estimate of drug-likeness (QED) is 0.914. The molecule has 0 aliphatic carbocycles. The summed E-state index contributed by atoms with van der Waals surface area (Å²) in [5, 5.41) is 14.8. The van der Waals surface area contributed by atoms with E-state index in [-0.39, 0.29) is 6.10 Å². The van der Waals surface area contributed by atoms with E-state index in [1.54, 1.807) is 0 Å². The molecule has 1 aromatic carbocycles. The second-order valence-corrected chi connectivity index (χ2v) is 8.07. The number of aliphatic hydroxyl groups excluding tert-OH is 1. The van der Waals surface area contributed by atoms with E-state index in [9.17, 15) is 5.11 Å². The van der Waals surface area contributed by atoms with Crippen molar-refractivity contribution in [1.82, 2.24) is 19.6 Å². The van der Waals surface area contributed by atoms with Crippen molar-refractivity contribution in [3.63, 3.8) is 0 Å². The maximum Gasteiger partial charge on any atom is 0.0682 e. The smallest absolute Gasteiger partial charge is 0.0682 e. The second-order valence-electron chi connectivity index (χ2n) is 8.07. The van der Waals surface area contributed by atoms with E-state index >= 15 is 0 Å². The molecular formula is C21H30N4O. The fraction of sp³-hybridized carbons (Fsp3) is 0.571. The van der Waals surface area contributed by atoms with Gasteiger partial charge in [0, 0.05) is 49.5 Å². The average Bonchev–Trinajstić information content (AvgIpc) is 3.09. The van der Waals surface area contributed by atoms with Crippen LogP contribution in [-0.2, 0) is 13.1 Å². The Bertz CT molecular complexity index is 757. The topological polar surface area (TPSA) is 44.5 Å². The number of aromatic nitrogens is 2. The van der Waals surface area contributed by atoms with Crippen LogP contribution in [0.1, 0.15) is 35.9 Å². The molecule has 5 nitrogen and oxygen atoms in total. The third-order valence-corrected chi connectivity index (χ3v) is 6.14. The van der Waals surface area contributed by atoms with Crippen LogP contribution in [0.3, 0.4) is 0 Å². The number of rotatable bonds is 4. The summed E-state index contributed by atoms with van der Waals surface area (Å²) in [5.74, 6) is 0. The lowest BCUT2D eigenvalue weighted by atomic mass is 10.1. The van der Waals surface area contributed by atoms with Crippen LogP contribution in [0.15, 0.2) is 30.3 Å². The second kappa shape index (κ2) is 7.14. The summed E-state index contributed by atoms with van der Waals surface area (Å²) in [5.41, 5.74) is 5.05. The van der Waals surface area contributed by atoms with Crippen LogP contribution in [0.25, 0.3) is 0 Å². The van der Waals surface area contributed by atoms with Gasteiger partial charge in [-0.15, -0.1) is 0 Å². The Hall–Kier alpha value is -1.69. The molecule has 140 valence electrons. The van der Waals surface area contributed by atoms with Crippen LogP contribution in [0, 0.1) is 13.8 Å². The molecule has 5 heteroatoms. The number of aliphatic hydroxyl groups is 1. The predicted molar refractivity (Wildman–Crippen MR) is 103 cm³/mol. The third kappa shape index (κ3) is 3.43. The molecule has 0 amide bonds. The first-order valence-corrected chi connectivity index (χ1v) is 9.74. The lowest BCUT2D eigenvalue weighted by Crippen LogP contribution is -2.54. The highest BCUT2D eigenvalue weighted by molar-refractivity contribution is 5.26. The summed E-state index contributed by atoms with van der Waals surface area (Å²) in [4.78, 5) is 5.04. The molecule has 0 spiro atoms.